The Labute approximate surface area is 138 Å². The van der Waals surface area contributed by atoms with Crippen LogP contribution >= 0.6 is 0 Å². The molecule has 2 atom stereocenters. The molecule has 0 bridgehead atoms. The van der Waals surface area contributed by atoms with Gasteiger partial charge in [-0.3, -0.25) is 9.59 Å². The number of benzene rings is 1. The Bertz CT molecular complexity index is 542. The van der Waals surface area contributed by atoms with Crippen molar-refractivity contribution in [2.45, 2.75) is 38.6 Å². The summed E-state index contributed by atoms with van der Waals surface area (Å²) in [4.78, 5) is 26.4. The number of nitrogens with one attached hydrogen (secondary N) is 2. The average Bonchev–Trinajstić information content (AvgIpc) is 3.02. The molecule has 0 aromatic heterocycles. The SMILES string of the molecule is CCCN(C)c1ccc(C(=O)N[C@@H]2CCC[C@H]2C(=O)NC)cc1. The summed E-state index contributed by atoms with van der Waals surface area (Å²) in [5.74, 6) is -0.196. The van der Waals surface area contributed by atoms with Crippen LogP contribution < -0.4 is 15.5 Å². The Kier molecular flexibility index (Phi) is 6.02. The normalized spacial score (nSPS) is 20.1. The zero-order chi connectivity index (χ0) is 16.8. The third-order valence-corrected chi connectivity index (χ3v) is 4.54. The summed E-state index contributed by atoms with van der Waals surface area (Å²) >= 11 is 0. The van der Waals surface area contributed by atoms with Crippen LogP contribution in [-0.2, 0) is 4.79 Å². The molecule has 1 aromatic carbocycles. The van der Waals surface area contributed by atoms with E-state index in [4.69, 9.17) is 0 Å². The van der Waals surface area contributed by atoms with Gasteiger partial charge in [0.15, 0.2) is 0 Å². The summed E-state index contributed by atoms with van der Waals surface area (Å²) in [5.41, 5.74) is 1.74. The monoisotopic (exact) mass is 317 g/mol. The van der Waals surface area contributed by atoms with Crippen molar-refractivity contribution in [1.82, 2.24) is 10.6 Å². The van der Waals surface area contributed by atoms with Crippen molar-refractivity contribution in [3.63, 3.8) is 0 Å². The highest BCUT2D eigenvalue weighted by atomic mass is 16.2. The molecule has 0 aliphatic heterocycles. The van der Waals surface area contributed by atoms with Gasteiger partial charge in [0, 0.05) is 37.9 Å². The third-order valence-electron chi connectivity index (χ3n) is 4.54. The molecule has 5 heteroatoms. The van der Waals surface area contributed by atoms with Crippen molar-refractivity contribution in [3.05, 3.63) is 29.8 Å². The first-order valence-corrected chi connectivity index (χ1v) is 8.40. The summed E-state index contributed by atoms with van der Waals surface area (Å²) in [6.45, 7) is 3.13. The van der Waals surface area contributed by atoms with Gasteiger partial charge in [0.1, 0.15) is 0 Å². The first-order chi connectivity index (χ1) is 11.1. The van der Waals surface area contributed by atoms with Gasteiger partial charge in [-0.25, -0.2) is 0 Å². The lowest BCUT2D eigenvalue weighted by Crippen LogP contribution is -2.43. The first kappa shape index (κ1) is 17.3. The number of anilines is 1. The van der Waals surface area contributed by atoms with E-state index in [1.54, 1.807) is 7.05 Å². The predicted molar refractivity (Wildman–Crippen MR) is 92.7 cm³/mol. The Balaban J connectivity index is 1.99. The molecular weight excluding hydrogens is 290 g/mol. The van der Waals surface area contributed by atoms with Crippen molar-refractivity contribution < 1.29 is 9.59 Å². The molecule has 0 unspecified atom stereocenters. The minimum atomic E-state index is -0.112. The Hall–Kier alpha value is -2.04. The fourth-order valence-electron chi connectivity index (χ4n) is 3.22. The van der Waals surface area contributed by atoms with Crippen molar-refractivity contribution in [1.29, 1.82) is 0 Å². The number of carbonyl (C=O) groups is 2. The van der Waals surface area contributed by atoms with Crippen LogP contribution in [0.15, 0.2) is 24.3 Å². The summed E-state index contributed by atoms with van der Waals surface area (Å²) in [6, 6.07) is 7.57. The fourth-order valence-corrected chi connectivity index (χ4v) is 3.22. The highest BCUT2D eigenvalue weighted by Crippen LogP contribution is 2.26. The highest BCUT2D eigenvalue weighted by molar-refractivity contribution is 5.95. The molecule has 2 rings (SSSR count). The molecule has 1 aromatic rings. The van der Waals surface area contributed by atoms with Crippen LogP contribution in [0.3, 0.4) is 0 Å². The number of hydrogen-bond acceptors (Lipinski definition) is 3. The largest absolute Gasteiger partial charge is 0.375 e. The Morgan fingerprint density at radius 1 is 1.22 bits per heavy atom. The second-order valence-corrected chi connectivity index (χ2v) is 6.20. The minimum absolute atomic E-state index is 0.0179. The first-order valence-electron chi connectivity index (χ1n) is 8.40. The van der Waals surface area contributed by atoms with Gasteiger partial charge in [-0.05, 0) is 43.5 Å². The standard InChI is InChI=1S/C18H27N3O2/c1-4-12-21(3)14-10-8-13(9-11-14)17(22)20-16-7-5-6-15(16)18(23)19-2/h8-11,15-16H,4-7,12H2,1-3H3,(H,19,23)(H,20,22)/t15-,16-/m1/s1. The molecule has 126 valence electrons. The second kappa shape index (κ2) is 7.99. The molecule has 0 spiro atoms. The van der Waals surface area contributed by atoms with E-state index in [2.05, 4.69) is 22.5 Å². The van der Waals surface area contributed by atoms with Gasteiger partial charge in [-0.15, -0.1) is 0 Å². The van der Waals surface area contributed by atoms with Crippen LogP contribution in [-0.4, -0.2) is 38.5 Å². The maximum absolute atomic E-state index is 12.4. The van der Waals surface area contributed by atoms with Crippen LogP contribution in [0.4, 0.5) is 5.69 Å². The van der Waals surface area contributed by atoms with Crippen molar-refractivity contribution in [2.24, 2.45) is 5.92 Å². The lowest BCUT2D eigenvalue weighted by Gasteiger charge is -2.21. The zero-order valence-electron chi connectivity index (χ0n) is 14.3. The fraction of sp³-hybridized carbons (Fsp3) is 0.556. The van der Waals surface area contributed by atoms with Crippen LogP contribution in [0, 0.1) is 5.92 Å². The molecule has 0 radical (unpaired) electrons. The molecule has 1 saturated carbocycles. The van der Waals surface area contributed by atoms with Gasteiger partial charge in [-0.2, -0.15) is 0 Å². The molecule has 0 heterocycles. The topological polar surface area (TPSA) is 61.4 Å². The van der Waals surface area contributed by atoms with Gasteiger partial charge in [0.05, 0.1) is 5.92 Å². The van der Waals surface area contributed by atoms with E-state index in [-0.39, 0.29) is 23.8 Å². The van der Waals surface area contributed by atoms with Crippen LogP contribution in [0.25, 0.3) is 0 Å². The molecule has 5 nitrogen and oxygen atoms in total. The average molecular weight is 317 g/mol. The van der Waals surface area contributed by atoms with Gasteiger partial charge in [0.2, 0.25) is 5.91 Å². The molecule has 2 N–H and O–H groups in total. The Morgan fingerprint density at radius 3 is 2.52 bits per heavy atom. The zero-order valence-corrected chi connectivity index (χ0v) is 14.3. The smallest absolute Gasteiger partial charge is 0.251 e. The maximum atomic E-state index is 12.4. The van der Waals surface area contributed by atoms with Crippen LogP contribution in [0.2, 0.25) is 0 Å². The van der Waals surface area contributed by atoms with Gasteiger partial charge in [0.25, 0.3) is 5.91 Å². The van der Waals surface area contributed by atoms with E-state index in [1.807, 2.05) is 31.3 Å². The van der Waals surface area contributed by atoms with Gasteiger partial charge < -0.3 is 15.5 Å². The van der Waals surface area contributed by atoms with E-state index >= 15 is 0 Å². The van der Waals surface area contributed by atoms with Crippen molar-refractivity contribution in [3.8, 4) is 0 Å². The molecule has 0 saturated heterocycles. The summed E-state index contributed by atoms with van der Waals surface area (Å²) in [5, 5.41) is 5.71. The summed E-state index contributed by atoms with van der Waals surface area (Å²) < 4.78 is 0. The predicted octanol–water partition coefficient (Wildman–Crippen LogP) is 2.18. The van der Waals surface area contributed by atoms with Gasteiger partial charge in [-0.1, -0.05) is 13.3 Å². The molecule has 2 amide bonds. The molecular formula is C18H27N3O2. The second-order valence-electron chi connectivity index (χ2n) is 6.20. The van der Waals surface area contributed by atoms with Gasteiger partial charge >= 0.3 is 0 Å². The molecule has 23 heavy (non-hydrogen) atoms. The van der Waals surface area contributed by atoms with E-state index in [1.165, 1.54) is 0 Å². The minimum Gasteiger partial charge on any atom is -0.375 e. The van der Waals surface area contributed by atoms with Crippen molar-refractivity contribution in [2.75, 3.05) is 25.5 Å². The van der Waals surface area contributed by atoms with E-state index in [9.17, 15) is 9.59 Å². The van der Waals surface area contributed by atoms with Crippen LogP contribution in [0.5, 0.6) is 0 Å². The number of nitrogens with zero attached hydrogens (tertiary/aromatic N) is 1. The molecule has 1 aliphatic carbocycles. The molecule has 1 fully saturated rings. The maximum Gasteiger partial charge on any atom is 0.251 e. The lowest BCUT2D eigenvalue weighted by atomic mass is 10.0. The number of hydrogen-bond donors (Lipinski definition) is 2. The lowest BCUT2D eigenvalue weighted by molar-refractivity contribution is -0.124. The summed E-state index contributed by atoms with van der Waals surface area (Å²) in [7, 11) is 3.69. The van der Waals surface area contributed by atoms with E-state index in [0.29, 0.717) is 5.56 Å². The van der Waals surface area contributed by atoms with Crippen LogP contribution in [0.1, 0.15) is 43.0 Å². The number of carbonyl (C=O) groups excluding carboxylic acids is 2. The quantitative estimate of drug-likeness (QED) is 0.845. The highest BCUT2D eigenvalue weighted by Gasteiger charge is 2.33. The number of amides is 2. The third kappa shape index (κ3) is 4.24. The van der Waals surface area contributed by atoms with Crippen molar-refractivity contribution >= 4 is 17.5 Å². The van der Waals surface area contributed by atoms with E-state index < -0.39 is 0 Å². The van der Waals surface area contributed by atoms with E-state index in [0.717, 1.165) is 37.9 Å². The molecule has 1 aliphatic rings. The Morgan fingerprint density at radius 2 is 1.91 bits per heavy atom. The summed E-state index contributed by atoms with van der Waals surface area (Å²) in [6.07, 6.45) is 3.76. The number of rotatable bonds is 6.